The van der Waals surface area contributed by atoms with Crippen molar-refractivity contribution in [1.82, 2.24) is 0 Å². The monoisotopic (exact) mass is 302 g/mol. The predicted octanol–water partition coefficient (Wildman–Crippen LogP) is 3.07. The quantitative estimate of drug-likeness (QED) is 0.846. The van der Waals surface area contributed by atoms with E-state index in [1.807, 2.05) is 6.07 Å². The van der Waals surface area contributed by atoms with Gasteiger partial charge in [0.05, 0.1) is 17.3 Å². The Morgan fingerprint density at radius 3 is 2.76 bits per heavy atom. The fraction of sp³-hybridized carbons (Fsp3) is 0.0667. The third-order valence-corrected chi connectivity index (χ3v) is 3.18. The van der Waals surface area contributed by atoms with E-state index in [1.54, 1.807) is 24.3 Å². The number of aromatic carboxylic acids is 1. The summed E-state index contributed by atoms with van der Waals surface area (Å²) in [6, 6.07) is 11.3. The van der Waals surface area contributed by atoms with Gasteiger partial charge in [0.2, 0.25) is 0 Å². The highest BCUT2D eigenvalue weighted by molar-refractivity contribution is 6.31. The van der Waals surface area contributed by atoms with E-state index in [-0.39, 0.29) is 23.6 Å². The van der Waals surface area contributed by atoms with E-state index in [0.29, 0.717) is 16.1 Å². The maximum atomic E-state index is 11.1. The summed E-state index contributed by atoms with van der Waals surface area (Å²) in [4.78, 5) is 11.1. The summed E-state index contributed by atoms with van der Waals surface area (Å²) in [6.45, 7) is 0.0546. The zero-order valence-corrected chi connectivity index (χ0v) is 11.6. The molecule has 0 atom stereocenters. The van der Waals surface area contributed by atoms with Crippen LogP contribution in [0.25, 0.3) is 0 Å². The van der Waals surface area contributed by atoms with Crippen LogP contribution in [0.1, 0.15) is 21.5 Å². The standard InChI is InChI=1S/C15H11ClN2O3/c16-12-6-9(7-17)4-5-10(12)8-21-14-11(15(19)20)2-1-3-13(14)18/h1-6H,8,18H2,(H,19,20). The molecule has 0 aromatic heterocycles. The molecule has 2 rings (SSSR count). The van der Waals surface area contributed by atoms with E-state index in [4.69, 9.17) is 32.4 Å². The van der Waals surface area contributed by atoms with Crippen LogP contribution in [0, 0.1) is 11.3 Å². The Labute approximate surface area is 126 Å². The van der Waals surface area contributed by atoms with E-state index in [0.717, 1.165) is 0 Å². The second-order valence-electron chi connectivity index (χ2n) is 4.24. The Bertz CT molecular complexity index is 738. The van der Waals surface area contributed by atoms with Gasteiger partial charge in [0, 0.05) is 10.6 Å². The topological polar surface area (TPSA) is 96.3 Å². The zero-order chi connectivity index (χ0) is 15.4. The van der Waals surface area contributed by atoms with Crippen LogP contribution in [0.2, 0.25) is 5.02 Å². The first-order valence-electron chi connectivity index (χ1n) is 5.96. The SMILES string of the molecule is N#Cc1ccc(COc2c(N)cccc2C(=O)O)c(Cl)c1. The third-order valence-electron chi connectivity index (χ3n) is 2.83. The first-order chi connectivity index (χ1) is 10.0. The largest absolute Gasteiger partial charge is 0.486 e. The number of anilines is 1. The molecule has 0 aliphatic carbocycles. The number of hydrogen-bond donors (Lipinski definition) is 2. The number of nitrogens with two attached hydrogens (primary N) is 1. The Morgan fingerprint density at radius 1 is 1.38 bits per heavy atom. The first kappa shape index (κ1) is 14.7. The van der Waals surface area contributed by atoms with Gasteiger partial charge in [0.25, 0.3) is 0 Å². The van der Waals surface area contributed by atoms with Crippen LogP contribution in [0.4, 0.5) is 5.69 Å². The van der Waals surface area contributed by atoms with Crippen LogP contribution in [0.3, 0.4) is 0 Å². The summed E-state index contributed by atoms with van der Waals surface area (Å²) < 4.78 is 5.50. The number of benzene rings is 2. The summed E-state index contributed by atoms with van der Waals surface area (Å²) in [7, 11) is 0. The molecule has 0 radical (unpaired) electrons. The van der Waals surface area contributed by atoms with Gasteiger partial charge in [-0.2, -0.15) is 5.26 Å². The molecular formula is C15H11ClN2O3. The molecule has 2 aromatic carbocycles. The number of halogens is 1. The number of nitrogens with zero attached hydrogens (tertiary/aromatic N) is 1. The molecule has 0 saturated carbocycles. The molecule has 0 saturated heterocycles. The number of carbonyl (C=O) groups is 1. The Kier molecular flexibility index (Phi) is 4.31. The van der Waals surface area contributed by atoms with Crippen molar-refractivity contribution in [2.75, 3.05) is 5.73 Å². The number of ether oxygens (including phenoxy) is 1. The molecule has 3 N–H and O–H groups in total. The van der Waals surface area contributed by atoms with Crippen molar-refractivity contribution in [3.63, 3.8) is 0 Å². The van der Waals surface area contributed by atoms with Crippen LogP contribution in [0.15, 0.2) is 36.4 Å². The van der Waals surface area contributed by atoms with E-state index in [1.165, 1.54) is 12.1 Å². The lowest BCUT2D eigenvalue weighted by Crippen LogP contribution is -2.06. The summed E-state index contributed by atoms with van der Waals surface area (Å²) >= 11 is 6.04. The van der Waals surface area contributed by atoms with Crippen LogP contribution >= 0.6 is 11.6 Å². The second kappa shape index (κ2) is 6.16. The van der Waals surface area contributed by atoms with Gasteiger partial charge in [0.1, 0.15) is 12.2 Å². The number of nitrogen functional groups attached to an aromatic ring is 1. The lowest BCUT2D eigenvalue weighted by molar-refractivity contribution is 0.0692. The van der Waals surface area contributed by atoms with Crippen molar-refractivity contribution in [2.24, 2.45) is 0 Å². The van der Waals surface area contributed by atoms with Gasteiger partial charge in [-0.15, -0.1) is 0 Å². The maximum Gasteiger partial charge on any atom is 0.339 e. The minimum absolute atomic E-state index is 0.0141. The van der Waals surface area contributed by atoms with Crippen molar-refractivity contribution >= 4 is 23.3 Å². The van der Waals surface area contributed by atoms with Gasteiger partial charge in [-0.3, -0.25) is 0 Å². The molecular weight excluding hydrogens is 292 g/mol. The van der Waals surface area contributed by atoms with Gasteiger partial charge >= 0.3 is 5.97 Å². The maximum absolute atomic E-state index is 11.1. The number of rotatable bonds is 4. The fourth-order valence-electron chi connectivity index (χ4n) is 1.77. The lowest BCUT2D eigenvalue weighted by Gasteiger charge is -2.12. The highest BCUT2D eigenvalue weighted by Gasteiger charge is 2.14. The average Bonchev–Trinajstić information content (AvgIpc) is 2.46. The van der Waals surface area contributed by atoms with Gasteiger partial charge in [0.15, 0.2) is 5.75 Å². The van der Waals surface area contributed by atoms with E-state index in [9.17, 15) is 4.79 Å². The molecule has 0 spiro atoms. The van der Waals surface area contributed by atoms with Crippen molar-refractivity contribution < 1.29 is 14.6 Å². The van der Waals surface area contributed by atoms with Crippen molar-refractivity contribution in [1.29, 1.82) is 5.26 Å². The fourth-order valence-corrected chi connectivity index (χ4v) is 2.00. The molecule has 0 unspecified atom stereocenters. The van der Waals surface area contributed by atoms with Crippen LogP contribution in [-0.2, 0) is 6.61 Å². The molecule has 0 aliphatic heterocycles. The van der Waals surface area contributed by atoms with Gasteiger partial charge in [-0.05, 0) is 24.3 Å². The van der Waals surface area contributed by atoms with E-state index in [2.05, 4.69) is 0 Å². The number of carboxylic acids is 1. The average molecular weight is 303 g/mol. The minimum Gasteiger partial charge on any atom is -0.486 e. The molecule has 106 valence electrons. The van der Waals surface area contributed by atoms with Crippen molar-refractivity contribution in [3.05, 3.63) is 58.1 Å². The predicted molar refractivity (Wildman–Crippen MR) is 78.3 cm³/mol. The first-order valence-corrected chi connectivity index (χ1v) is 6.34. The number of carboxylic acid groups (broad SMARTS) is 1. The zero-order valence-electron chi connectivity index (χ0n) is 10.8. The van der Waals surface area contributed by atoms with E-state index < -0.39 is 5.97 Å². The lowest BCUT2D eigenvalue weighted by atomic mass is 10.1. The molecule has 5 nitrogen and oxygen atoms in total. The molecule has 6 heteroatoms. The highest BCUT2D eigenvalue weighted by Crippen LogP contribution is 2.28. The Hall–Kier alpha value is -2.71. The third kappa shape index (κ3) is 3.25. The van der Waals surface area contributed by atoms with Crippen LogP contribution in [0.5, 0.6) is 5.75 Å². The number of para-hydroxylation sites is 1. The molecule has 2 aromatic rings. The van der Waals surface area contributed by atoms with Crippen molar-refractivity contribution in [2.45, 2.75) is 6.61 Å². The van der Waals surface area contributed by atoms with Crippen LogP contribution < -0.4 is 10.5 Å². The molecule has 0 bridgehead atoms. The van der Waals surface area contributed by atoms with Gasteiger partial charge < -0.3 is 15.6 Å². The molecule has 0 fully saturated rings. The number of hydrogen-bond acceptors (Lipinski definition) is 4. The molecule has 21 heavy (non-hydrogen) atoms. The summed E-state index contributed by atoms with van der Waals surface area (Å²) in [5, 5.41) is 18.3. The summed E-state index contributed by atoms with van der Waals surface area (Å²) in [5.74, 6) is -1.02. The Morgan fingerprint density at radius 2 is 2.14 bits per heavy atom. The number of nitriles is 1. The van der Waals surface area contributed by atoms with Gasteiger partial charge in [-0.1, -0.05) is 23.7 Å². The summed E-state index contributed by atoms with van der Waals surface area (Å²) in [5.41, 5.74) is 7.04. The second-order valence-corrected chi connectivity index (χ2v) is 4.64. The van der Waals surface area contributed by atoms with Gasteiger partial charge in [-0.25, -0.2) is 4.79 Å². The normalized spacial score (nSPS) is 9.90. The smallest absolute Gasteiger partial charge is 0.339 e. The minimum atomic E-state index is -1.12. The highest BCUT2D eigenvalue weighted by atomic mass is 35.5. The van der Waals surface area contributed by atoms with Crippen molar-refractivity contribution in [3.8, 4) is 11.8 Å². The summed E-state index contributed by atoms with van der Waals surface area (Å²) in [6.07, 6.45) is 0. The molecule has 0 amide bonds. The van der Waals surface area contributed by atoms with Crippen LogP contribution in [-0.4, -0.2) is 11.1 Å². The Balaban J connectivity index is 2.25. The molecule has 0 aliphatic rings. The van der Waals surface area contributed by atoms with E-state index >= 15 is 0 Å². The molecule has 0 heterocycles.